The van der Waals surface area contributed by atoms with Crippen LogP contribution in [0.2, 0.25) is 0 Å². The highest BCUT2D eigenvalue weighted by Crippen LogP contribution is 2.29. The molecule has 2 nitrogen and oxygen atoms in total. The molecular weight excluding hydrogens is 186 g/mol. The van der Waals surface area contributed by atoms with Gasteiger partial charge in [0, 0.05) is 11.6 Å². The summed E-state index contributed by atoms with van der Waals surface area (Å²) in [5.74, 6) is 0.970. The normalized spacial score (nSPS) is 12.6. The lowest BCUT2D eigenvalue weighted by Crippen LogP contribution is -2.10. The molecule has 0 radical (unpaired) electrons. The third-order valence-electron chi connectivity index (χ3n) is 2.39. The molecular formula is C13H21NO. The van der Waals surface area contributed by atoms with Crippen LogP contribution < -0.4 is 10.5 Å². The topological polar surface area (TPSA) is 35.2 Å². The van der Waals surface area contributed by atoms with Crippen molar-refractivity contribution in [3.8, 4) is 5.75 Å². The van der Waals surface area contributed by atoms with E-state index in [9.17, 15) is 0 Å². The van der Waals surface area contributed by atoms with Crippen LogP contribution in [0.4, 0.5) is 0 Å². The van der Waals surface area contributed by atoms with Crippen molar-refractivity contribution in [2.75, 3.05) is 6.61 Å². The first kappa shape index (κ1) is 12.1. The second-order valence-electron chi connectivity index (χ2n) is 4.14. The molecule has 0 bridgehead atoms. The minimum Gasteiger partial charge on any atom is -0.493 e. The van der Waals surface area contributed by atoms with Crippen molar-refractivity contribution in [3.05, 3.63) is 28.8 Å². The van der Waals surface area contributed by atoms with Crippen LogP contribution in [-0.2, 0) is 0 Å². The fourth-order valence-electron chi connectivity index (χ4n) is 1.73. The van der Waals surface area contributed by atoms with Gasteiger partial charge in [-0.25, -0.2) is 0 Å². The zero-order valence-electron chi connectivity index (χ0n) is 10.1. The summed E-state index contributed by atoms with van der Waals surface area (Å²) in [5.41, 5.74) is 9.47. The fourth-order valence-corrected chi connectivity index (χ4v) is 1.73. The minimum atomic E-state index is 0.0236. The molecule has 1 rings (SSSR count). The Morgan fingerprint density at radius 3 is 2.53 bits per heavy atom. The molecule has 0 aliphatic rings. The van der Waals surface area contributed by atoms with Crippen LogP contribution in [-0.4, -0.2) is 6.61 Å². The summed E-state index contributed by atoms with van der Waals surface area (Å²) in [6, 6.07) is 4.27. The standard InChI is InChI=1S/C13H21NO/c1-5-6-15-13-10(3)7-9(2)8-12(13)11(4)14/h7-8,11H,5-6,14H2,1-4H3. The lowest BCUT2D eigenvalue weighted by Gasteiger charge is -2.17. The Morgan fingerprint density at radius 2 is 2.00 bits per heavy atom. The first-order valence-electron chi connectivity index (χ1n) is 5.55. The van der Waals surface area contributed by atoms with Crippen molar-refractivity contribution in [2.45, 2.75) is 40.2 Å². The molecule has 0 aliphatic carbocycles. The van der Waals surface area contributed by atoms with E-state index < -0.39 is 0 Å². The SMILES string of the molecule is CCCOc1c(C)cc(C)cc1C(C)N. The number of benzene rings is 1. The summed E-state index contributed by atoms with van der Waals surface area (Å²) in [5, 5.41) is 0. The van der Waals surface area contributed by atoms with Gasteiger partial charge >= 0.3 is 0 Å². The average Bonchev–Trinajstić information content (AvgIpc) is 2.15. The Hall–Kier alpha value is -1.02. The Balaban J connectivity index is 3.09. The zero-order valence-corrected chi connectivity index (χ0v) is 10.1. The molecule has 0 aliphatic heterocycles. The molecule has 15 heavy (non-hydrogen) atoms. The van der Waals surface area contributed by atoms with Crippen LogP contribution in [0.15, 0.2) is 12.1 Å². The van der Waals surface area contributed by atoms with Crippen molar-refractivity contribution in [3.63, 3.8) is 0 Å². The van der Waals surface area contributed by atoms with Gasteiger partial charge in [0.25, 0.3) is 0 Å². The highest BCUT2D eigenvalue weighted by molar-refractivity contribution is 5.45. The van der Waals surface area contributed by atoms with Crippen LogP contribution in [0.25, 0.3) is 0 Å². The number of ether oxygens (including phenoxy) is 1. The number of aryl methyl sites for hydroxylation is 2. The molecule has 0 spiro atoms. The fraction of sp³-hybridized carbons (Fsp3) is 0.538. The number of rotatable bonds is 4. The van der Waals surface area contributed by atoms with Crippen molar-refractivity contribution in [2.24, 2.45) is 5.73 Å². The van der Waals surface area contributed by atoms with Gasteiger partial charge in [0.1, 0.15) is 5.75 Å². The van der Waals surface area contributed by atoms with E-state index in [0.29, 0.717) is 0 Å². The summed E-state index contributed by atoms with van der Waals surface area (Å²) in [7, 11) is 0. The molecule has 1 atom stereocenters. The summed E-state index contributed by atoms with van der Waals surface area (Å²) in [4.78, 5) is 0. The number of hydrogen-bond acceptors (Lipinski definition) is 2. The molecule has 0 amide bonds. The van der Waals surface area contributed by atoms with Crippen LogP contribution in [0.3, 0.4) is 0 Å². The maximum absolute atomic E-state index is 5.94. The average molecular weight is 207 g/mol. The van der Waals surface area contributed by atoms with Gasteiger partial charge in [-0.05, 0) is 32.8 Å². The summed E-state index contributed by atoms with van der Waals surface area (Å²) in [6.45, 7) is 9.01. The van der Waals surface area contributed by atoms with Crippen molar-refractivity contribution in [1.82, 2.24) is 0 Å². The first-order chi connectivity index (χ1) is 7.06. The molecule has 2 N–H and O–H groups in total. The maximum atomic E-state index is 5.94. The molecule has 1 unspecified atom stereocenters. The van der Waals surface area contributed by atoms with Crippen molar-refractivity contribution >= 4 is 0 Å². The molecule has 84 valence electrons. The Kier molecular flexibility index (Phi) is 4.15. The van der Waals surface area contributed by atoms with E-state index in [2.05, 4.69) is 32.9 Å². The highest BCUT2D eigenvalue weighted by atomic mass is 16.5. The monoisotopic (exact) mass is 207 g/mol. The van der Waals surface area contributed by atoms with Gasteiger partial charge in [-0.1, -0.05) is 24.6 Å². The van der Waals surface area contributed by atoms with Crippen molar-refractivity contribution < 1.29 is 4.74 Å². The van der Waals surface area contributed by atoms with Crippen LogP contribution >= 0.6 is 0 Å². The van der Waals surface area contributed by atoms with Gasteiger partial charge in [-0.2, -0.15) is 0 Å². The molecule has 1 aromatic rings. The molecule has 0 aromatic heterocycles. The van der Waals surface area contributed by atoms with Gasteiger partial charge in [0.2, 0.25) is 0 Å². The van der Waals surface area contributed by atoms with E-state index in [0.717, 1.165) is 24.3 Å². The minimum absolute atomic E-state index is 0.0236. The lowest BCUT2D eigenvalue weighted by molar-refractivity contribution is 0.310. The summed E-state index contributed by atoms with van der Waals surface area (Å²) in [6.07, 6.45) is 1.02. The zero-order chi connectivity index (χ0) is 11.4. The van der Waals surface area contributed by atoms with Crippen LogP contribution in [0, 0.1) is 13.8 Å². The van der Waals surface area contributed by atoms with Gasteiger partial charge in [0.15, 0.2) is 0 Å². The van der Waals surface area contributed by atoms with E-state index >= 15 is 0 Å². The van der Waals surface area contributed by atoms with E-state index in [1.54, 1.807) is 0 Å². The van der Waals surface area contributed by atoms with E-state index in [-0.39, 0.29) is 6.04 Å². The smallest absolute Gasteiger partial charge is 0.126 e. The first-order valence-corrected chi connectivity index (χ1v) is 5.55. The van der Waals surface area contributed by atoms with Gasteiger partial charge in [0.05, 0.1) is 6.61 Å². The Labute approximate surface area is 92.4 Å². The van der Waals surface area contributed by atoms with Crippen LogP contribution in [0.1, 0.15) is 43.0 Å². The predicted octanol–water partition coefficient (Wildman–Crippen LogP) is 3.11. The Morgan fingerprint density at radius 1 is 1.33 bits per heavy atom. The number of hydrogen-bond donors (Lipinski definition) is 1. The predicted molar refractivity (Wildman–Crippen MR) is 64.3 cm³/mol. The maximum Gasteiger partial charge on any atom is 0.126 e. The molecule has 0 heterocycles. The number of nitrogens with two attached hydrogens (primary N) is 1. The molecule has 0 fully saturated rings. The van der Waals surface area contributed by atoms with Crippen LogP contribution in [0.5, 0.6) is 5.75 Å². The summed E-state index contributed by atoms with van der Waals surface area (Å²) >= 11 is 0. The second-order valence-corrected chi connectivity index (χ2v) is 4.14. The molecule has 1 aromatic carbocycles. The van der Waals surface area contributed by atoms with Gasteiger partial charge < -0.3 is 10.5 Å². The molecule has 0 saturated carbocycles. The lowest BCUT2D eigenvalue weighted by atomic mass is 10.0. The molecule has 0 saturated heterocycles. The third kappa shape index (κ3) is 2.96. The second kappa shape index (κ2) is 5.17. The summed E-state index contributed by atoms with van der Waals surface area (Å²) < 4.78 is 5.75. The van der Waals surface area contributed by atoms with Crippen molar-refractivity contribution in [1.29, 1.82) is 0 Å². The van der Waals surface area contributed by atoms with E-state index in [4.69, 9.17) is 10.5 Å². The Bertz CT molecular complexity index is 332. The van der Waals surface area contributed by atoms with Gasteiger partial charge in [-0.15, -0.1) is 0 Å². The third-order valence-corrected chi connectivity index (χ3v) is 2.39. The largest absolute Gasteiger partial charge is 0.493 e. The quantitative estimate of drug-likeness (QED) is 0.823. The van der Waals surface area contributed by atoms with E-state index in [1.165, 1.54) is 11.1 Å². The van der Waals surface area contributed by atoms with E-state index in [1.807, 2.05) is 6.92 Å². The van der Waals surface area contributed by atoms with Gasteiger partial charge in [-0.3, -0.25) is 0 Å². The molecule has 2 heteroatoms. The highest BCUT2D eigenvalue weighted by Gasteiger charge is 2.11.